The third-order valence-electron chi connectivity index (χ3n) is 6.52. The van der Waals surface area contributed by atoms with Crippen LogP contribution in [0.4, 0.5) is 0 Å². The Hall–Kier alpha value is -3.54. The van der Waals surface area contributed by atoms with Gasteiger partial charge in [-0.25, -0.2) is 0 Å². The van der Waals surface area contributed by atoms with Crippen molar-refractivity contribution in [2.75, 3.05) is 13.2 Å². The first-order valence-electron chi connectivity index (χ1n) is 11.5. The fourth-order valence-corrected chi connectivity index (χ4v) is 4.75. The van der Waals surface area contributed by atoms with Gasteiger partial charge in [0.1, 0.15) is 12.7 Å². The smallest absolute Gasteiger partial charge is 0.220 e. The van der Waals surface area contributed by atoms with Crippen LogP contribution >= 0.6 is 0 Å². The van der Waals surface area contributed by atoms with Crippen LogP contribution in [0.5, 0.6) is 11.5 Å². The van der Waals surface area contributed by atoms with Crippen molar-refractivity contribution in [1.29, 1.82) is 0 Å². The molecule has 170 valence electrons. The summed E-state index contributed by atoms with van der Waals surface area (Å²) in [6, 6.07) is 22.2. The number of carbonyl (C=O) groups is 2. The second-order valence-electron chi connectivity index (χ2n) is 8.99. The summed E-state index contributed by atoms with van der Waals surface area (Å²) in [7, 11) is 0. The first-order valence-corrected chi connectivity index (χ1v) is 11.5. The minimum Gasteiger partial charge on any atom is -0.486 e. The summed E-state index contributed by atoms with van der Waals surface area (Å²) >= 11 is 0. The van der Waals surface area contributed by atoms with Crippen molar-refractivity contribution in [1.82, 2.24) is 10.6 Å². The predicted octanol–water partition coefficient (Wildman–Crippen LogP) is 3.77. The summed E-state index contributed by atoms with van der Waals surface area (Å²) in [6.45, 7) is 0.788. The van der Waals surface area contributed by atoms with E-state index in [2.05, 4.69) is 41.0 Å². The average Bonchev–Trinajstić information content (AvgIpc) is 3.21. The maximum Gasteiger partial charge on any atom is 0.220 e. The first-order chi connectivity index (χ1) is 16.1. The topological polar surface area (TPSA) is 76.7 Å². The van der Waals surface area contributed by atoms with E-state index < -0.39 is 0 Å². The van der Waals surface area contributed by atoms with E-state index in [1.54, 1.807) is 0 Å². The molecule has 0 aliphatic carbocycles. The number of amides is 2. The van der Waals surface area contributed by atoms with Crippen molar-refractivity contribution in [3.63, 3.8) is 0 Å². The zero-order chi connectivity index (χ0) is 22.7. The minimum atomic E-state index is -0.389. The number of hydrogen-bond acceptors (Lipinski definition) is 4. The van der Waals surface area contributed by atoms with Gasteiger partial charge in [-0.1, -0.05) is 54.6 Å². The summed E-state index contributed by atoms with van der Waals surface area (Å²) < 4.78 is 11.6. The van der Waals surface area contributed by atoms with Gasteiger partial charge < -0.3 is 20.1 Å². The van der Waals surface area contributed by atoms with Crippen LogP contribution in [-0.2, 0) is 16.0 Å². The normalized spacial score (nSPS) is 21.6. The molecule has 2 N–H and O–H groups in total. The monoisotopic (exact) mass is 444 g/mol. The quantitative estimate of drug-likeness (QED) is 0.582. The summed E-state index contributed by atoms with van der Waals surface area (Å²) in [5.41, 5.74) is 0.781. The second-order valence-corrected chi connectivity index (χ2v) is 8.99. The molecule has 2 aliphatic rings. The molecule has 0 aromatic heterocycles. The molecule has 2 aliphatic heterocycles. The zero-order valence-electron chi connectivity index (χ0n) is 18.5. The van der Waals surface area contributed by atoms with Gasteiger partial charge in [-0.15, -0.1) is 0 Å². The van der Waals surface area contributed by atoms with Crippen LogP contribution in [0.1, 0.15) is 31.2 Å². The fraction of sp³-hybridized carbons (Fsp3) is 0.333. The van der Waals surface area contributed by atoms with Gasteiger partial charge in [0.25, 0.3) is 0 Å². The number of carbonyl (C=O) groups excluding carboxylic acids is 2. The Morgan fingerprint density at radius 2 is 1.82 bits per heavy atom. The average molecular weight is 445 g/mol. The van der Waals surface area contributed by atoms with E-state index in [9.17, 15) is 9.59 Å². The summed E-state index contributed by atoms with van der Waals surface area (Å²) in [5, 5.41) is 8.52. The lowest BCUT2D eigenvalue weighted by Gasteiger charge is -2.30. The molecule has 33 heavy (non-hydrogen) atoms. The fourth-order valence-electron chi connectivity index (χ4n) is 4.75. The molecule has 0 bridgehead atoms. The van der Waals surface area contributed by atoms with Crippen LogP contribution < -0.4 is 20.1 Å². The van der Waals surface area contributed by atoms with Gasteiger partial charge in [0.15, 0.2) is 11.5 Å². The van der Waals surface area contributed by atoms with Crippen LogP contribution in [0, 0.1) is 0 Å². The van der Waals surface area contributed by atoms with Gasteiger partial charge in [0, 0.05) is 18.4 Å². The molecule has 3 aromatic carbocycles. The number of para-hydroxylation sites is 2. The standard InChI is InChI=1S/C27H28N2O4/c30-25(28-17-22-18-32-23-7-3-4-8-24(23)33-22)11-13-27(14-12-26(31)29-27)16-19-9-10-20-5-1-2-6-21(20)15-19/h1-10,15,22H,11-14,16-18H2,(H,28,30)(H,29,31)/t22-,27-/m0/s1. The number of fused-ring (bicyclic) bond motifs is 2. The minimum absolute atomic E-state index is 0.0449. The molecule has 6 heteroatoms. The molecule has 0 saturated carbocycles. The molecule has 2 atom stereocenters. The van der Waals surface area contributed by atoms with Crippen molar-refractivity contribution in [3.8, 4) is 11.5 Å². The molecule has 1 saturated heterocycles. The molecule has 2 heterocycles. The number of ether oxygens (including phenoxy) is 2. The molecule has 1 fully saturated rings. The molecule has 0 unspecified atom stereocenters. The maximum atomic E-state index is 12.6. The third kappa shape index (κ3) is 4.95. The number of rotatable bonds is 7. The van der Waals surface area contributed by atoms with Crippen LogP contribution in [0.2, 0.25) is 0 Å². The van der Waals surface area contributed by atoms with E-state index >= 15 is 0 Å². The highest BCUT2D eigenvalue weighted by Gasteiger charge is 2.38. The van der Waals surface area contributed by atoms with Gasteiger partial charge in [-0.2, -0.15) is 0 Å². The number of nitrogens with one attached hydrogen (secondary N) is 2. The van der Waals surface area contributed by atoms with Crippen molar-refractivity contribution >= 4 is 22.6 Å². The Morgan fingerprint density at radius 1 is 1.03 bits per heavy atom. The summed E-state index contributed by atoms with van der Waals surface area (Å²) in [6.07, 6.45) is 2.68. The van der Waals surface area contributed by atoms with E-state index in [1.165, 1.54) is 16.3 Å². The molecular weight excluding hydrogens is 416 g/mol. The highest BCUT2D eigenvalue weighted by Crippen LogP contribution is 2.32. The maximum absolute atomic E-state index is 12.6. The number of hydrogen-bond donors (Lipinski definition) is 2. The molecule has 5 rings (SSSR count). The van der Waals surface area contributed by atoms with Gasteiger partial charge in [-0.05, 0) is 47.7 Å². The zero-order valence-corrected chi connectivity index (χ0v) is 18.5. The first kappa shape index (κ1) is 21.3. The molecular formula is C27H28N2O4. The molecule has 0 spiro atoms. The van der Waals surface area contributed by atoms with Gasteiger partial charge >= 0.3 is 0 Å². The SMILES string of the molecule is O=C(CC[C@@]1(Cc2ccc3ccccc3c2)CCC(=O)N1)NC[C@H]1COc2ccccc2O1. The van der Waals surface area contributed by atoms with Gasteiger partial charge in [-0.3, -0.25) is 9.59 Å². The highest BCUT2D eigenvalue weighted by atomic mass is 16.6. The molecule has 0 radical (unpaired) electrons. The lowest BCUT2D eigenvalue weighted by atomic mass is 9.84. The molecule has 2 amide bonds. The van der Waals surface area contributed by atoms with E-state index in [-0.39, 0.29) is 23.5 Å². The van der Waals surface area contributed by atoms with Crippen LogP contribution in [0.3, 0.4) is 0 Å². The Bertz CT molecular complexity index is 1180. The second kappa shape index (κ2) is 9.14. The lowest BCUT2D eigenvalue weighted by Crippen LogP contribution is -2.45. The Balaban J connectivity index is 1.18. The van der Waals surface area contributed by atoms with E-state index in [1.807, 2.05) is 36.4 Å². The Kier molecular flexibility index (Phi) is 5.90. The van der Waals surface area contributed by atoms with Crippen LogP contribution in [0.25, 0.3) is 10.8 Å². The number of benzene rings is 3. The molecule has 6 nitrogen and oxygen atoms in total. The molecule has 3 aromatic rings. The van der Waals surface area contributed by atoms with E-state index in [4.69, 9.17) is 9.47 Å². The van der Waals surface area contributed by atoms with Crippen molar-refractivity contribution in [2.45, 2.75) is 43.7 Å². The van der Waals surface area contributed by atoms with Crippen LogP contribution in [-0.4, -0.2) is 36.6 Å². The predicted molar refractivity (Wildman–Crippen MR) is 126 cm³/mol. The Labute approximate surface area is 193 Å². The summed E-state index contributed by atoms with van der Waals surface area (Å²) in [5.74, 6) is 1.44. The van der Waals surface area contributed by atoms with Crippen molar-refractivity contribution in [3.05, 3.63) is 72.3 Å². The van der Waals surface area contributed by atoms with Crippen molar-refractivity contribution < 1.29 is 19.1 Å². The van der Waals surface area contributed by atoms with E-state index in [0.29, 0.717) is 44.6 Å². The van der Waals surface area contributed by atoms with E-state index in [0.717, 1.165) is 12.2 Å². The van der Waals surface area contributed by atoms with Gasteiger partial charge in [0.2, 0.25) is 11.8 Å². The van der Waals surface area contributed by atoms with Crippen molar-refractivity contribution in [2.24, 2.45) is 0 Å². The summed E-state index contributed by atoms with van der Waals surface area (Å²) in [4.78, 5) is 24.7. The van der Waals surface area contributed by atoms with Gasteiger partial charge in [0.05, 0.1) is 6.54 Å². The van der Waals surface area contributed by atoms with Crippen LogP contribution in [0.15, 0.2) is 66.7 Å². The highest BCUT2D eigenvalue weighted by molar-refractivity contribution is 5.83. The Morgan fingerprint density at radius 3 is 2.64 bits per heavy atom. The lowest BCUT2D eigenvalue weighted by molar-refractivity contribution is -0.123. The largest absolute Gasteiger partial charge is 0.486 e. The third-order valence-corrected chi connectivity index (χ3v) is 6.52.